The molecule has 2 rings (SSSR count). The first kappa shape index (κ1) is 23.3. The molecule has 6 nitrogen and oxygen atoms in total. The standard InChI is InChI=1S/C21H29N3O3S2/c1-4-29(26,27)24-20(14-15-28-3)21(25)23-19-12-10-18(11-13-19)22-16(2)17-8-6-5-7-9-17/h5-13,16,20,22,24H,4,14-15H2,1-3H3,(H,23,25). The Labute approximate surface area is 177 Å². The summed E-state index contributed by atoms with van der Waals surface area (Å²) < 4.78 is 26.3. The number of amides is 1. The van der Waals surface area contributed by atoms with E-state index in [0.29, 0.717) is 17.9 Å². The average Bonchev–Trinajstić information content (AvgIpc) is 2.73. The van der Waals surface area contributed by atoms with Crippen molar-refractivity contribution in [2.24, 2.45) is 0 Å². The third kappa shape index (κ3) is 7.72. The van der Waals surface area contributed by atoms with Crippen molar-refractivity contribution in [1.29, 1.82) is 0 Å². The highest BCUT2D eigenvalue weighted by Crippen LogP contribution is 2.21. The molecule has 29 heavy (non-hydrogen) atoms. The van der Waals surface area contributed by atoms with Gasteiger partial charge in [-0.2, -0.15) is 11.8 Å². The summed E-state index contributed by atoms with van der Waals surface area (Å²) >= 11 is 1.57. The highest BCUT2D eigenvalue weighted by atomic mass is 32.2. The van der Waals surface area contributed by atoms with Crippen molar-refractivity contribution in [2.45, 2.75) is 32.4 Å². The number of hydrogen-bond acceptors (Lipinski definition) is 5. The van der Waals surface area contributed by atoms with E-state index in [1.807, 2.05) is 36.6 Å². The molecule has 0 spiro atoms. The summed E-state index contributed by atoms with van der Waals surface area (Å²) in [6.07, 6.45) is 2.35. The molecule has 2 aromatic carbocycles. The summed E-state index contributed by atoms with van der Waals surface area (Å²) in [5.41, 5.74) is 2.74. The van der Waals surface area contributed by atoms with E-state index in [2.05, 4.69) is 34.4 Å². The van der Waals surface area contributed by atoms with Gasteiger partial charge in [0.25, 0.3) is 0 Å². The van der Waals surface area contributed by atoms with Crippen molar-refractivity contribution < 1.29 is 13.2 Å². The number of thioether (sulfide) groups is 1. The summed E-state index contributed by atoms with van der Waals surface area (Å²) in [6.45, 7) is 3.63. The Hall–Kier alpha value is -2.03. The van der Waals surface area contributed by atoms with Crippen LogP contribution < -0.4 is 15.4 Å². The van der Waals surface area contributed by atoms with E-state index >= 15 is 0 Å². The lowest BCUT2D eigenvalue weighted by Crippen LogP contribution is -2.44. The van der Waals surface area contributed by atoms with Gasteiger partial charge in [-0.1, -0.05) is 30.3 Å². The van der Waals surface area contributed by atoms with Gasteiger partial charge in [-0.05, 0) is 62.1 Å². The second kappa shape index (κ2) is 11.2. The summed E-state index contributed by atoms with van der Waals surface area (Å²) in [4.78, 5) is 12.6. The zero-order valence-corrected chi connectivity index (χ0v) is 18.6. The van der Waals surface area contributed by atoms with E-state index in [1.165, 1.54) is 5.56 Å². The Kier molecular flexibility index (Phi) is 9.00. The van der Waals surface area contributed by atoms with Crippen LogP contribution in [0, 0.1) is 0 Å². The number of benzene rings is 2. The molecular formula is C21H29N3O3S2. The first-order valence-corrected chi connectivity index (χ1v) is 12.6. The van der Waals surface area contributed by atoms with Crippen LogP contribution in [0.1, 0.15) is 31.9 Å². The van der Waals surface area contributed by atoms with Crippen molar-refractivity contribution in [3.8, 4) is 0 Å². The minimum atomic E-state index is -3.46. The number of nitrogens with one attached hydrogen (secondary N) is 3. The molecule has 158 valence electrons. The van der Waals surface area contributed by atoms with E-state index in [9.17, 15) is 13.2 Å². The number of carbonyl (C=O) groups excluding carboxylic acids is 1. The first-order chi connectivity index (χ1) is 13.8. The van der Waals surface area contributed by atoms with E-state index in [1.54, 1.807) is 30.8 Å². The fourth-order valence-electron chi connectivity index (χ4n) is 2.73. The molecule has 0 saturated carbocycles. The minimum absolute atomic E-state index is 0.0595. The number of rotatable bonds is 11. The molecule has 0 aliphatic carbocycles. The Morgan fingerprint density at radius 3 is 2.24 bits per heavy atom. The van der Waals surface area contributed by atoms with E-state index < -0.39 is 16.1 Å². The van der Waals surface area contributed by atoms with Crippen LogP contribution in [0.15, 0.2) is 54.6 Å². The number of anilines is 2. The topological polar surface area (TPSA) is 87.3 Å². The monoisotopic (exact) mass is 435 g/mol. The van der Waals surface area contributed by atoms with Crippen molar-refractivity contribution in [1.82, 2.24) is 4.72 Å². The molecule has 3 N–H and O–H groups in total. The van der Waals surface area contributed by atoms with E-state index in [4.69, 9.17) is 0 Å². The van der Waals surface area contributed by atoms with Crippen LogP contribution >= 0.6 is 11.8 Å². The van der Waals surface area contributed by atoms with Gasteiger partial charge >= 0.3 is 0 Å². The molecule has 2 unspecified atom stereocenters. The fourth-order valence-corrected chi connectivity index (χ4v) is 4.03. The van der Waals surface area contributed by atoms with Crippen LogP contribution in [-0.2, 0) is 14.8 Å². The third-order valence-electron chi connectivity index (χ3n) is 4.46. The maximum atomic E-state index is 12.6. The summed E-state index contributed by atoms with van der Waals surface area (Å²) in [7, 11) is -3.46. The number of sulfonamides is 1. The van der Waals surface area contributed by atoms with E-state index in [-0.39, 0.29) is 17.7 Å². The zero-order valence-electron chi connectivity index (χ0n) is 17.0. The largest absolute Gasteiger partial charge is 0.379 e. The Morgan fingerprint density at radius 2 is 1.66 bits per heavy atom. The first-order valence-electron chi connectivity index (χ1n) is 9.56. The summed E-state index contributed by atoms with van der Waals surface area (Å²) in [6, 6.07) is 16.9. The SMILES string of the molecule is CCS(=O)(=O)NC(CCSC)C(=O)Nc1ccc(NC(C)c2ccccc2)cc1. The molecule has 0 aromatic heterocycles. The molecule has 0 saturated heterocycles. The summed E-state index contributed by atoms with van der Waals surface area (Å²) in [5.74, 6) is 0.273. The van der Waals surface area contributed by atoms with Crippen LogP contribution in [0.3, 0.4) is 0 Å². The van der Waals surface area contributed by atoms with Crippen LogP contribution in [0.4, 0.5) is 11.4 Å². The van der Waals surface area contributed by atoms with Crippen LogP contribution in [0.2, 0.25) is 0 Å². The predicted octanol–water partition coefficient (Wildman–Crippen LogP) is 3.86. The van der Waals surface area contributed by atoms with Gasteiger partial charge in [-0.25, -0.2) is 13.1 Å². The highest BCUT2D eigenvalue weighted by molar-refractivity contribution is 7.98. The molecule has 0 heterocycles. The molecule has 8 heteroatoms. The highest BCUT2D eigenvalue weighted by Gasteiger charge is 2.23. The predicted molar refractivity (Wildman–Crippen MR) is 123 cm³/mol. The lowest BCUT2D eigenvalue weighted by molar-refractivity contribution is -0.117. The van der Waals surface area contributed by atoms with Crippen LogP contribution in [0.25, 0.3) is 0 Å². The maximum Gasteiger partial charge on any atom is 0.242 e. The Balaban J connectivity index is 2.00. The minimum Gasteiger partial charge on any atom is -0.379 e. The van der Waals surface area contributed by atoms with Crippen molar-refractivity contribution in [2.75, 3.05) is 28.4 Å². The second-order valence-electron chi connectivity index (χ2n) is 6.70. The van der Waals surface area contributed by atoms with Crippen LogP contribution in [-0.4, -0.2) is 38.1 Å². The average molecular weight is 436 g/mol. The van der Waals surface area contributed by atoms with Gasteiger partial charge in [-0.3, -0.25) is 4.79 Å². The maximum absolute atomic E-state index is 12.6. The molecular weight excluding hydrogens is 406 g/mol. The number of carbonyl (C=O) groups is 1. The molecule has 2 aromatic rings. The van der Waals surface area contributed by atoms with Gasteiger partial charge in [-0.15, -0.1) is 0 Å². The van der Waals surface area contributed by atoms with Gasteiger partial charge < -0.3 is 10.6 Å². The lowest BCUT2D eigenvalue weighted by atomic mass is 10.1. The van der Waals surface area contributed by atoms with Crippen molar-refractivity contribution >= 4 is 39.1 Å². The van der Waals surface area contributed by atoms with Crippen molar-refractivity contribution in [3.05, 3.63) is 60.2 Å². The molecule has 0 radical (unpaired) electrons. The lowest BCUT2D eigenvalue weighted by Gasteiger charge is -2.18. The normalized spacial score (nSPS) is 13.5. The van der Waals surface area contributed by atoms with Gasteiger partial charge in [0.15, 0.2) is 0 Å². The second-order valence-corrected chi connectivity index (χ2v) is 9.73. The Morgan fingerprint density at radius 1 is 1.03 bits per heavy atom. The smallest absolute Gasteiger partial charge is 0.242 e. The molecule has 2 atom stereocenters. The quantitative estimate of drug-likeness (QED) is 0.499. The molecule has 0 aliphatic heterocycles. The van der Waals surface area contributed by atoms with E-state index in [0.717, 1.165) is 5.69 Å². The number of hydrogen-bond donors (Lipinski definition) is 3. The van der Waals surface area contributed by atoms with Crippen LogP contribution in [0.5, 0.6) is 0 Å². The zero-order chi connectivity index (χ0) is 21.3. The van der Waals surface area contributed by atoms with Gasteiger partial charge in [0.1, 0.15) is 6.04 Å². The van der Waals surface area contributed by atoms with Gasteiger partial charge in [0.2, 0.25) is 15.9 Å². The molecule has 0 fully saturated rings. The third-order valence-corrected chi connectivity index (χ3v) is 6.51. The van der Waals surface area contributed by atoms with Gasteiger partial charge in [0, 0.05) is 17.4 Å². The molecule has 0 aliphatic rings. The fraction of sp³-hybridized carbons (Fsp3) is 0.381. The van der Waals surface area contributed by atoms with Crippen molar-refractivity contribution in [3.63, 3.8) is 0 Å². The summed E-state index contributed by atoms with van der Waals surface area (Å²) in [5, 5.41) is 6.23. The van der Waals surface area contributed by atoms with Gasteiger partial charge in [0.05, 0.1) is 5.75 Å². The molecule has 1 amide bonds. The Bertz CT molecular complexity index is 872. The molecule has 0 bridgehead atoms.